The molecule has 7 nitrogen and oxygen atoms in total. The van der Waals surface area contributed by atoms with Gasteiger partial charge >= 0.3 is 5.97 Å². The lowest BCUT2D eigenvalue weighted by molar-refractivity contribution is -0.144. The molecule has 0 bridgehead atoms. The fraction of sp³-hybridized carbons (Fsp3) is 0.559. The molecule has 1 aromatic heterocycles. The zero-order valence-corrected chi connectivity index (χ0v) is 27.1. The Hall–Kier alpha value is -2.68. The third kappa shape index (κ3) is 8.49. The molecule has 3 aromatic rings. The number of amides is 1. The van der Waals surface area contributed by atoms with Crippen LogP contribution in [0.25, 0.3) is 10.1 Å². The second kappa shape index (κ2) is 15.9. The number of carbonyl (C=O) groups is 2. The number of hydrogen-bond donors (Lipinski definition) is 0. The van der Waals surface area contributed by atoms with Crippen LogP contribution < -0.4 is 9.80 Å². The smallest absolute Gasteiger partial charge is 0.307 e. The fourth-order valence-corrected chi connectivity index (χ4v) is 7.18. The lowest BCUT2D eigenvalue weighted by Gasteiger charge is -2.35. The molecule has 232 valence electrons. The highest BCUT2D eigenvalue weighted by Crippen LogP contribution is 2.35. The summed E-state index contributed by atoms with van der Waals surface area (Å²) in [7, 11) is 0. The second-order valence-electron chi connectivity index (χ2n) is 11.9. The van der Waals surface area contributed by atoms with E-state index in [1.807, 2.05) is 6.07 Å². The van der Waals surface area contributed by atoms with Crippen molar-refractivity contribution in [3.05, 3.63) is 52.5 Å². The predicted octanol–water partition coefficient (Wildman–Crippen LogP) is 7.63. The number of hydrogen-bond acceptors (Lipinski definition) is 7. The maximum absolute atomic E-state index is 12.8. The van der Waals surface area contributed by atoms with Gasteiger partial charge in [-0.25, -0.2) is 0 Å². The van der Waals surface area contributed by atoms with Gasteiger partial charge in [-0.1, -0.05) is 88.1 Å². The van der Waals surface area contributed by atoms with Gasteiger partial charge < -0.3 is 9.64 Å². The van der Waals surface area contributed by atoms with Crippen molar-refractivity contribution in [2.75, 3.05) is 49.3 Å². The lowest BCUT2D eigenvalue weighted by atomic mass is 10.1. The number of esters is 1. The van der Waals surface area contributed by atoms with E-state index in [0.717, 1.165) is 74.6 Å². The van der Waals surface area contributed by atoms with Gasteiger partial charge in [0.1, 0.15) is 5.82 Å². The van der Waals surface area contributed by atoms with Crippen LogP contribution in [0.2, 0.25) is 5.02 Å². The molecule has 0 spiro atoms. The van der Waals surface area contributed by atoms with Gasteiger partial charge in [0, 0.05) is 49.6 Å². The third-order valence-electron chi connectivity index (χ3n) is 8.75. The van der Waals surface area contributed by atoms with Crippen molar-refractivity contribution < 1.29 is 14.3 Å². The Morgan fingerprint density at radius 3 is 2.47 bits per heavy atom. The molecule has 2 aliphatic heterocycles. The summed E-state index contributed by atoms with van der Waals surface area (Å²) in [4.78, 5) is 31.5. The third-order valence-corrected chi connectivity index (χ3v) is 9.92. The van der Waals surface area contributed by atoms with Crippen LogP contribution in [-0.4, -0.2) is 60.6 Å². The number of unbranched alkanes of at least 4 members (excludes halogenated alkanes) is 8. The highest BCUT2D eigenvalue weighted by atomic mass is 35.5. The first-order valence-corrected chi connectivity index (χ1v) is 17.3. The Kier molecular flexibility index (Phi) is 11.7. The molecule has 0 aliphatic carbocycles. The molecule has 0 N–H and O–H groups in total. The Morgan fingerprint density at radius 1 is 0.977 bits per heavy atom. The van der Waals surface area contributed by atoms with E-state index < -0.39 is 0 Å². The number of ether oxygens (including phenoxy) is 1. The number of anilines is 2. The summed E-state index contributed by atoms with van der Waals surface area (Å²) < 4.78 is 11.4. The number of halogens is 1. The minimum absolute atomic E-state index is 0.0453. The summed E-state index contributed by atoms with van der Waals surface area (Å²) >= 11 is 8.28. The zero-order chi connectivity index (χ0) is 30.0. The van der Waals surface area contributed by atoms with Crippen LogP contribution in [0.3, 0.4) is 0 Å². The number of piperazine rings is 1. The van der Waals surface area contributed by atoms with Gasteiger partial charge in [0.25, 0.3) is 0 Å². The first-order valence-electron chi connectivity index (χ1n) is 16.1. The van der Waals surface area contributed by atoms with Gasteiger partial charge in [-0.15, -0.1) is 0 Å². The monoisotopic (exact) mass is 624 g/mol. The van der Waals surface area contributed by atoms with Crippen molar-refractivity contribution >= 4 is 56.6 Å². The Balaban J connectivity index is 1.03. The summed E-state index contributed by atoms with van der Waals surface area (Å²) in [6.45, 7) is 6.96. The molecule has 0 saturated carbocycles. The molecule has 43 heavy (non-hydrogen) atoms. The van der Waals surface area contributed by atoms with E-state index in [4.69, 9.17) is 20.7 Å². The second-order valence-corrected chi connectivity index (χ2v) is 13.1. The van der Waals surface area contributed by atoms with Crippen LogP contribution in [-0.2, 0) is 27.2 Å². The average molecular weight is 625 g/mol. The number of nitrogens with zero attached hydrogens (tertiary/aromatic N) is 4. The number of benzene rings is 2. The minimum Gasteiger partial charge on any atom is -0.444 e. The Labute approximate surface area is 265 Å². The minimum atomic E-state index is -0.241. The van der Waals surface area contributed by atoms with Crippen molar-refractivity contribution in [1.82, 2.24) is 9.27 Å². The standard InChI is InChI=1S/C34H45ClN4O3S/c1-2-3-4-5-6-7-8-9-10-15-33(41)42-25-39-30-24-29(35)26(22-27(30)23-32(39)40)16-17-37-18-20-38(21-19-37)34-28-13-11-12-14-31(28)43-36-34/h11-14,22,24H,2-10,15-21,23,25H2,1H3. The molecule has 9 heteroatoms. The predicted molar refractivity (Wildman–Crippen MR) is 177 cm³/mol. The first-order chi connectivity index (χ1) is 21.0. The van der Waals surface area contributed by atoms with Crippen molar-refractivity contribution in [2.24, 2.45) is 0 Å². The summed E-state index contributed by atoms with van der Waals surface area (Å²) in [6.07, 6.45) is 12.4. The molecule has 1 amide bonds. The van der Waals surface area contributed by atoms with E-state index in [1.54, 1.807) is 16.4 Å². The summed E-state index contributed by atoms with van der Waals surface area (Å²) in [5.74, 6) is 0.810. The molecule has 3 heterocycles. The normalized spacial score (nSPS) is 15.4. The molecular formula is C34H45ClN4O3S. The van der Waals surface area contributed by atoms with Gasteiger partial charge in [0.15, 0.2) is 6.73 Å². The quantitative estimate of drug-likeness (QED) is 0.121. The van der Waals surface area contributed by atoms with Gasteiger partial charge in [0.05, 0.1) is 16.8 Å². The summed E-state index contributed by atoms with van der Waals surface area (Å²) in [6, 6.07) is 12.4. The van der Waals surface area contributed by atoms with E-state index in [-0.39, 0.29) is 18.6 Å². The molecule has 0 atom stereocenters. The number of fused-ring (bicyclic) bond motifs is 2. The van der Waals surface area contributed by atoms with Gasteiger partial charge in [-0.2, -0.15) is 4.37 Å². The largest absolute Gasteiger partial charge is 0.444 e. The maximum Gasteiger partial charge on any atom is 0.307 e. The highest BCUT2D eigenvalue weighted by molar-refractivity contribution is 7.13. The van der Waals surface area contributed by atoms with E-state index in [0.29, 0.717) is 17.9 Å². The maximum atomic E-state index is 12.8. The zero-order valence-electron chi connectivity index (χ0n) is 25.5. The van der Waals surface area contributed by atoms with Gasteiger partial charge in [0.2, 0.25) is 5.91 Å². The van der Waals surface area contributed by atoms with E-state index in [9.17, 15) is 9.59 Å². The molecule has 2 aliphatic rings. The highest BCUT2D eigenvalue weighted by Gasteiger charge is 2.29. The lowest BCUT2D eigenvalue weighted by Crippen LogP contribution is -2.47. The van der Waals surface area contributed by atoms with Crippen LogP contribution in [0, 0.1) is 0 Å². The van der Waals surface area contributed by atoms with Crippen molar-refractivity contribution in [3.63, 3.8) is 0 Å². The van der Waals surface area contributed by atoms with Crippen LogP contribution in [0.15, 0.2) is 36.4 Å². The van der Waals surface area contributed by atoms with Crippen molar-refractivity contribution in [3.8, 4) is 0 Å². The van der Waals surface area contributed by atoms with Crippen LogP contribution >= 0.6 is 23.1 Å². The molecule has 5 rings (SSSR count). The molecule has 0 radical (unpaired) electrons. The summed E-state index contributed by atoms with van der Waals surface area (Å²) in [5, 5.41) is 1.90. The van der Waals surface area contributed by atoms with Gasteiger partial charge in [-0.3, -0.25) is 19.4 Å². The number of rotatable bonds is 16. The molecule has 1 fully saturated rings. The SMILES string of the molecule is CCCCCCCCCCCC(=O)OCN1C(=O)Cc2cc(CCN3CCN(c4nsc5ccccc45)CC3)c(Cl)cc21. The van der Waals surface area contributed by atoms with E-state index in [1.165, 1.54) is 55.0 Å². The Bertz CT molecular complexity index is 1370. The number of carbonyl (C=O) groups excluding carboxylic acids is 2. The first kappa shape index (κ1) is 31.7. The molecule has 0 unspecified atom stereocenters. The van der Waals surface area contributed by atoms with E-state index >= 15 is 0 Å². The molecule has 1 saturated heterocycles. The van der Waals surface area contributed by atoms with E-state index in [2.05, 4.69) is 47.1 Å². The van der Waals surface area contributed by atoms with Crippen LogP contribution in [0.1, 0.15) is 82.3 Å². The number of aromatic nitrogens is 1. The molecule has 2 aromatic carbocycles. The van der Waals surface area contributed by atoms with Crippen molar-refractivity contribution in [2.45, 2.75) is 84.0 Å². The molecular weight excluding hydrogens is 580 g/mol. The Morgan fingerprint density at radius 2 is 1.70 bits per heavy atom. The van der Waals surface area contributed by atoms with Crippen LogP contribution in [0.5, 0.6) is 0 Å². The summed E-state index contributed by atoms with van der Waals surface area (Å²) in [5.41, 5.74) is 2.78. The van der Waals surface area contributed by atoms with Gasteiger partial charge in [-0.05, 0) is 53.7 Å². The average Bonchev–Trinajstić information content (AvgIpc) is 3.58. The topological polar surface area (TPSA) is 66.0 Å². The van der Waals surface area contributed by atoms with Crippen molar-refractivity contribution in [1.29, 1.82) is 0 Å². The fourth-order valence-electron chi connectivity index (χ4n) is 6.13. The van der Waals surface area contributed by atoms with Crippen LogP contribution in [0.4, 0.5) is 11.5 Å².